The standard InChI is InChI=1S/C13H15BrN2O/c1-8-3-4-10(7-9(8)2)12(16-15)13-11(14)5-6-17-13/h3-7,12,16H,15H2,1-2H3. The van der Waals surface area contributed by atoms with Gasteiger partial charge in [-0.15, -0.1) is 0 Å². The van der Waals surface area contributed by atoms with Crippen molar-refractivity contribution in [3.8, 4) is 0 Å². The van der Waals surface area contributed by atoms with Crippen LogP contribution in [0.1, 0.15) is 28.5 Å². The average Bonchev–Trinajstić information content (AvgIpc) is 2.71. The van der Waals surface area contributed by atoms with E-state index in [4.69, 9.17) is 10.3 Å². The Balaban J connectivity index is 2.42. The van der Waals surface area contributed by atoms with E-state index in [0.717, 1.165) is 15.8 Å². The van der Waals surface area contributed by atoms with Crippen LogP contribution in [-0.2, 0) is 0 Å². The number of benzene rings is 1. The second-order valence-corrected chi connectivity index (χ2v) is 4.93. The lowest BCUT2D eigenvalue weighted by Crippen LogP contribution is -2.28. The van der Waals surface area contributed by atoms with Crippen molar-refractivity contribution in [3.05, 3.63) is 57.5 Å². The quantitative estimate of drug-likeness (QED) is 0.675. The van der Waals surface area contributed by atoms with E-state index >= 15 is 0 Å². The Kier molecular flexibility index (Phi) is 3.66. The van der Waals surface area contributed by atoms with Gasteiger partial charge in [0.05, 0.1) is 10.7 Å². The van der Waals surface area contributed by atoms with E-state index in [0.29, 0.717) is 0 Å². The van der Waals surface area contributed by atoms with Gasteiger partial charge in [-0.3, -0.25) is 5.84 Å². The van der Waals surface area contributed by atoms with Gasteiger partial charge in [0, 0.05) is 0 Å². The van der Waals surface area contributed by atoms with Crippen LogP contribution in [0.4, 0.5) is 0 Å². The van der Waals surface area contributed by atoms with Gasteiger partial charge in [-0.2, -0.15) is 0 Å². The Labute approximate surface area is 109 Å². The summed E-state index contributed by atoms with van der Waals surface area (Å²) >= 11 is 3.45. The van der Waals surface area contributed by atoms with E-state index in [1.165, 1.54) is 11.1 Å². The first kappa shape index (κ1) is 12.4. The molecule has 0 fully saturated rings. The van der Waals surface area contributed by atoms with Crippen molar-refractivity contribution in [3.63, 3.8) is 0 Å². The number of rotatable bonds is 3. The molecule has 1 heterocycles. The van der Waals surface area contributed by atoms with E-state index in [9.17, 15) is 0 Å². The monoisotopic (exact) mass is 294 g/mol. The van der Waals surface area contributed by atoms with E-state index < -0.39 is 0 Å². The normalized spacial score (nSPS) is 12.7. The molecule has 0 saturated carbocycles. The van der Waals surface area contributed by atoms with Gasteiger partial charge in [0.1, 0.15) is 11.8 Å². The summed E-state index contributed by atoms with van der Waals surface area (Å²) in [7, 11) is 0. The molecule has 0 aliphatic carbocycles. The van der Waals surface area contributed by atoms with Crippen LogP contribution in [-0.4, -0.2) is 0 Å². The molecule has 1 aromatic carbocycles. The maximum atomic E-state index is 5.62. The van der Waals surface area contributed by atoms with E-state index in [2.05, 4.69) is 53.4 Å². The van der Waals surface area contributed by atoms with Gasteiger partial charge in [-0.1, -0.05) is 18.2 Å². The van der Waals surface area contributed by atoms with Crippen molar-refractivity contribution in [1.82, 2.24) is 5.43 Å². The minimum absolute atomic E-state index is 0.140. The molecular formula is C13H15BrN2O. The molecule has 0 aliphatic heterocycles. The summed E-state index contributed by atoms with van der Waals surface area (Å²) in [6, 6.07) is 7.99. The predicted octanol–water partition coefficient (Wildman–Crippen LogP) is 3.21. The molecule has 90 valence electrons. The lowest BCUT2D eigenvalue weighted by molar-refractivity contribution is 0.449. The molecule has 3 N–H and O–H groups in total. The predicted molar refractivity (Wildman–Crippen MR) is 71.5 cm³/mol. The number of nitrogens with two attached hydrogens (primary N) is 1. The van der Waals surface area contributed by atoms with Crippen LogP contribution < -0.4 is 11.3 Å². The van der Waals surface area contributed by atoms with Crippen molar-refractivity contribution < 1.29 is 4.42 Å². The summed E-state index contributed by atoms with van der Waals surface area (Å²) in [5.41, 5.74) is 6.38. The summed E-state index contributed by atoms with van der Waals surface area (Å²) in [5.74, 6) is 6.41. The number of furan rings is 1. The lowest BCUT2D eigenvalue weighted by atomic mass is 10.00. The zero-order valence-corrected chi connectivity index (χ0v) is 11.4. The summed E-state index contributed by atoms with van der Waals surface area (Å²) in [4.78, 5) is 0. The SMILES string of the molecule is Cc1ccc(C(NN)c2occc2Br)cc1C. The molecule has 4 heteroatoms. The van der Waals surface area contributed by atoms with Crippen molar-refractivity contribution >= 4 is 15.9 Å². The van der Waals surface area contributed by atoms with Gasteiger partial charge < -0.3 is 4.42 Å². The number of nitrogens with one attached hydrogen (secondary N) is 1. The van der Waals surface area contributed by atoms with Gasteiger partial charge in [-0.25, -0.2) is 5.43 Å². The molecule has 2 aromatic rings. The minimum Gasteiger partial charge on any atom is -0.466 e. The maximum absolute atomic E-state index is 5.62. The molecule has 2 rings (SSSR count). The minimum atomic E-state index is -0.140. The third kappa shape index (κ3) is 2.44. The number of aryl methyl sites for hydroxylation is 2. The zero-order chi connectivity index (χ0) is 12.4. The van der Waals surface area contributed by atoms with Crippen LogP contribution in [0.3, 0.4) is 0 Å². The van der Waals surface area contributed by atoms with Crippen LogP contribution in [0.2, 0.25) is 0 Å². The van der Waals surface area contributed by atoms with Gasteiger partial charge in [-0.05, 0) is 52.5 Å². The lowest BCUT2D eigenvalue weighted by Gasteiger charge is -2.15. The molecule has 0 amide bonds. The smallest absolute Gasteiger partial charge is 0.140 e. The van der Waals surface area contributed by atoms with Crippen LogP contribution in [0.15, 0.2) is 39.4 Å². The van der Waals surface area contributed by atoms with E-state index in [-0.39, 0.29) is 6.04 Å². The topological polar surface area (TPSA) is 51.2 Å². The molecule has 17 heavy (non-hydrogen) atoms. The average molecular weight is 295 g/mol. The molecular weight excluding hydrogens is 280 g/mol. The largest absolute Gasteiger partial charge is 0.466 e. The summed E-state index contributed by atoms with van der Waals surface area (Å²) in [6.45, 7) is 4.18. The number of hydrogen-bond donors (Lipinski definition) is 2. The molecule has 0 spiro atoms. The van der Waals surface area contributed by atoms with Crippen molar-refractivity contribution in [1.29, 1.82) is 0 Å². The highest BCUT2D eigenvalue weighted by Crippen LogP contribution is 2.29. The number of hydrogen-bond acceptors (Lipinski definition) is 3. The van der Waals surface area contributed by atoms with Gasteiger partial charge in [0.25, 0.3) is 0 Å². The fourth-order valence-corrected chi connectivity index (χ4v) is 2.21. The Morgan fingerprint density at radius 3 is 2.53 bits per heavy atom. The van der Waals surface area contributed by atoms with Crippen LogP contribution in [0, 0.1) is 13.8 Å². The van der Waals surface area contributed by atoms with Crippen LogP contribution in [0.25, 0.3) is 0 Å². The third-order valence-electron chi connectivity index (χ3n) is 2.94. The molecule has 0 aliphatic rings. The molecule has 1 aromatic heterocycles. The van der Waals surface area contributed by atoms with Crippen molar-refractivity contribution in [2.24, 2.45) is 5.84 Å². The fourth-order valence-electron chi connectivity index (χ4n) is 1.78. The van der Waals surface area contributed by atoms with Crippen LogP contribution >= 0.6 is 15.9 Å². The first-order chi connectivity index (χ1) is 8.13. The van der Waals surface area contributed by atoms with E-state index in [1.54, 1.807) is 6.26 Å². The Bertz CT molecular complexity index is 522. The maximum Gasteiger partial charge on any atom is 0.140 e. The van der Waals surface area contributed by atoms with Crippen LogP contribution in [0.5, 0.6) is 0 Å². The second kappa shape index (κ2) is 5.04. The van der Waals surface area contributed by atoms with E-state index in [1.807, 2.05) is 6.07 Å². The van der Waals surface area contributed by atoms with Crippen molar-refractivity contribution in [2.45, 2.75) is 19.9 Å². The van der Waals surface area contributed by atoms with Gasteiger partial charge in [0.15, 0.2) is 0 Å². The summed E-state index contributed by atoms with van der Waals surface area (Å²) in [6.07, 6.45) is 1.64. The molecule has 0 bridgehead atoms. The molecule has 0 radical (unpaired) electrons. The van der Waals surface area contributed by atoms with Gasteiger partial charge >= 0.3 is 0 Å². The highest BCUT2D eigenvalue weighted by atomic mass is 79.9. The molecule has 1 atom stereocenters. The van der Waals surface area contributed by atoms with Crippen molar-refractivity contribution in [2.75, 3.05) is 0 Å². The molecule has 3 nitrogen and oxygen atoms in total. The molecule has 0 saturated heterocycles. The number of hydrazine groups is 1. The van der Waals surface area contributed by atoms with Gasteiger partial charge in [0.2, 0.25) is 0 Å². The second-order valence-electron chi connectivity index (χ2n) is 4.08. The Morgan fingerprint density at radius 1 is 1.24 bits per heavy atom. The Hall–Kier alpha value is -1.10. The highest BCUT2D eigenvalue weighted by Gasteiger charge is 2.18. The summed E-state index contributed by atoms with van der Waals surface area (Å²) in [5, 5.41) is 0. The summed E-state index contributed by atoms with van der Waals surface area (Å²) < 4.78 is 6.37. The zero-order valence-electron chi connectivity index (χ0n) is 9.83. The highest BCUT2D eigenvalue weighted by molar-refractivity contribution is 9.10. The first-order valence-corrected chi connectivity index (χ1v) is 6.19. The fraction of sp³-hybridized carbons (Fsp3) is 0.231. The third-order valence-corrected chi connectivity index (χ3v) is 3.59. The Morgan fingerprint density at radius 2 is 2.00 bits per heavy atom. The number of halogens is 1. The molecule has 1 unspecified atom stereocenters. The first-order valence-electron chi connectivity index (χ1n) is 5.39.